The van der Waals surface area contributed by atoms with Gasteiger partial charge in [-0.25, -0.2) is 4.79 Å². The Bertz CT molecular complexity index is 1030. The van der Waals surface area contributed by atoms with E-state index in [4.69, 9.17) is 21.1 Å². The summed E-state index contributed by atoms with van der Waals surface area (Å²) in [4.78, 5) is 40.2. The summed E-state index contributed by atoms with van der Waals surface area (Å²) in [5.74, 6) is -2.02. The number of likely N-dealkylation sites (N-methyl/N-ethyl adjacent to an activating group) is 1. The van der Waals surface area contributed by atoms with Gasteiger partial charge >= 0.3 is 5.97 Å². The van der Waals surface area contributed by atoms with Crippen LogP contribution in [0.1, 0.15) is 24.2 Å². The number of ether oxygens (including phenoxy) is 2. The number of carbonyl (C=O) groups is 3. The molecule has 0 bridgehead atoms. The number of carboxylic acids is 1. The van der Waals surface area contributed by atoms with Crippen LogP contribution < -0.4 is 14.8 Å². The van der Waals surface area contributed by atoms with Gasteiger partial charge in [0.2, 0.25) is 5.91 Å². The molecule has 11 heteroatoms. The number of hydrogen-bond donors (Lipinski definition) is 3. The predicted molar refractivity (Wildman–Crippen MR) is 124 cm³/mol. The second-order valence-electron chi connectivity index (χ2n) is 8.59. The fourth-order valence-corrected chi connectivity index (χ4v) is 5.06. The van der Waals surface area contributed by atoms with Gasteiger partial charge in [-0.3, -0.25) is 9.59 Å². The smallest absolute Gasteiger partial charge is 0.352 e. The number of carbonyl (C=O) groups excluding carboxylic acids is 2. The molecule has 0 aliphatic carbocycles. The molecule has 2 aliphatic heterocycles. The van der Waals surface area contributed by atoms with Crippen molar-refractivity contribution in [1.82, 2.24) is 15.1 Å². The first-order chi connectivity index (χ1) is 16.0. The second-order valence-corrected chi connectivity index (χ2v) is 8.97. The number of carboxylic acid groups (broad SMARTS) is 1. The van der Waals surface area contributed by atoms with Crippen molar-refractivity contribution >= 4 is 29.4 Å². The monoisotopic (exact) mass is 495 g/mol. The zero-order valence-electron chi connectivity index (χ0n) is 19.8. The van der Waals surface area contributed by atoms with Gasteiger partial charge in [-0.15, -0.1) is 0 Å². The highest BCUT2D eigenvalue weighted by Gasteiger charge is 2.59. The predicted octanol–water partition coefficient (Wildman–Crippen LogP) is 1.22. The molecule has 0 spiro atoms. The average molecular weight is 496 g/mol. The number of methoxy groups -OCH3 is 2. The Morgan fingerprint density at radius 2 is 1.97 bits per heavy atom. The topological polar surface area (TPSA) is 129 Å². The maximum atomic E-state index is 12.6. The lowest BCUT2D eigenvalue weighted by molar-refractivity contribution is -0.163. The Kier molecular flexibility index (Phi) is 7.74. The fraction of sp³-hybridized carbons (Fsp3) is 0.522. The van der Waals surface area contributed by atoms with Gasteiger partial charge in [0.1, 0.15) is 5.70 Å². The minimum Gasteiger partial charge on any atom is -0.493 e. The van der Waals surface area contributed by atoms with Gasteiger partial charge in [0.25, 0.3) is 5.91 Å². The Balaban J connectivity index is 1.63. The molecule has 0 radical (unpaired) electrons. The van der Waals surface area contributed by atoms with Crippen molar-refractivity contribution in [2.24, 2.45) is 11.8 Å². The van der Waals surface area contributed by atoms with Gasteiger partial charge in [0, 0.05) is 25.6 Å². The number of nitrogens with zero attached hydrogens (tertiary/aromatic N) is 2. The molecular weight excluding hydrogens is 466 g/mol. The molecule has 10 nitrogen and oxygen atoms in total. The number of halogens is 1. The Labute approximate surface area is 203 Å². The molecule has 2 aliphatic rings. The van der Waals surface area contributed by atoms with Crippen LogP contribution in [0.5, 0.6) is 11.5 Å². The van der Waals surface area contributed by atoms with E-state index in [1.54, 1.807) is 26.1 Å². The molecule has 0 aromatic heterocycles. The summed E-state index contributed by atoms with van der Waals surface area (Å²) in [6, 6.07) is 2.79. The molecule has 2 heterocycles. The third kappa shape index (κ3) is 4.45. The lowest BCUT2D eigenvalue weighted by atomic mass is 9.77. The van der Waals surface area contributed by atoms with E-state index in [-0.39, 0.29) is 52.4 Å². The fourth-order valence-electron chi connectivity index (χ4n) is 4.74. The van der Waals surface area contributed by atoms with Crippen LogP contribution in [0, 0.1) is 11.8 Å². The maximum Gasteiger partial charge on any atom is 0.352 e. The van der Waals surface area contributed by atoms with E-state index in [1.165, 1.54) is 19.1 Å². The quantitative estimate of drug-likeness (QED) is 0.413. The molecule has 2 amide bonds. The summed E-state index contributed by atoms with van der Waals surface area (Å²) in [5, 5.41) is 22.6. The van der Waals surface area contributed by atoms with Crippen molar-refractivity contribution in [1.29, 1.82) is 0 Å². The average Bonchev–Trinajstić information content (AvgIpc) is 3.01. The minimum atomic E-state index is -1.16. The first kappa shape index (κ1) is 25.8. The maximum absolute atomic E-state index is 12.6. The summed E-state index contributed by atoms with van der Waals surface area (Å²) in [6.45, 7) is 4.44. The normalized spacial score (nSPS) is 22.4. The summed E-state index contributed by atoms with van der Waals surface area (Å²) >= 11 is 6.30. The van der Waals surface area contributed by atoms with Crippen LogP contribution in [0.2, 0.25) is 5.02 Å². The van der Waals surface area contributed by atoms with Gasteiger partial charge in [0.05, 0.1) is 42.9 Å². The van der Waals surface area contributed by atoms with Crippen molar-refractivity contribution in [3.63, 3.8) is 0 Å². The Morgan fingerprint density at radius 1 is 1.29 bits per heavy atom. The molecular formula is C23H30ClN3O7. The van der Waals surface area contributed by atoms with Gasteiger partial charge in [-0.2, -0.15) is 0 Å². The molecule has 3 N–H and O–H groups in total. The van der Waals surface area contributed by atoms with Crippen LogP contribution in [-0.4, -0.2) is 90.8 Å². The minimum absolute atomic E-state index is 0.00704. The summed E-state index contributed by atoms with van der Waals surface area (Å²) < 4.78 is 10.4. The van der Waals surface area contributed by atoms with Crippen LogP contribution in [0.15, 0.2) is 23.4 Å². The van der Waals surface area contributed by atoms with Crippen LogP contribution in [0.4, 0.5) is 0 Å². The molecule has 1 fully saturated rings. The second kappa shape index (κ2) is 10.2. The van der Waals surface area contributed by atoms with Crippen molar-refractivity contribution in [2.75, 3.05) is 40.9 Å². The highest BCUT2D eigenvalue weighted by molar-refractivity contribution is 6.35. The van der Waals surface area contributed by atoms with Crippen molar-refractivity contribution < 1.29 is 34.1 Å². The van der Waals surface area contributed by atoms with E-state index in [9.17, 15) is 24.6 Å². The molecule has 1 aromatic rings. The number of fused-ring (bicyclic) bond motifs is 1. The standard InChI is InChI=1S/C23H30ClN3O7/c1-11-14(19(23(31)32)27-18(11)16(12(2)28)22(27)30)10-26(3)9-8-25-21(29)13-6-7-15(33-4)20(34-5)17(13)24/h6-7,11-12,16,18,28H,8-10H2,1-5H3,(H,25,29)(H,31,32)/t11-,12+,16+,18+/m0/s1. The number of aliphatic hydroxyl groups is 1. The van der Waals surface area contributed by atoms with E-state index in [0.717, 1.165) is 0 Å². The molecule has 1 aromatic carbocycles. The van der Waals surface area contributed by atoms with Crippen molar-refractivity contribution in [3.8, 4) is 11.5 Å². The number of aliphatic hydroxyl groups excluding tert-OH is 1. The number of aliphatic carboxylic acids is 1. The summed E-state index contributed by atoms with van der Waals surface area (Å²) in [5.41, 5.74) is 0.868. The molecule has 4 atom stereocenters. The molecule has 1 saturated heterocycles. The third-order valence-electron chi connectivity index (χ3n) is 6.47. The SMILES string of the molecule is COc1ccc(C(=O)NCCN(C)CC2=C(C(=O)O)N3C(=O)[C@H]([C@@H](C)O)[C@H]3[C@H]2C)c(Cl)c1OC. The van der Waals surface area contributed by atoms with Gasteiger partial charge < -0.3 is 34.8 Å². The number of rotatable bonds is 10. The molecule has 0 saturated carbocycles. The number of hydrogen-bond acceptors (Lipinski definition) is 7. The molecule has 186 valence electrons. The zero-order valence-corrected chi connectivity index (χ0v) is 20.5. The Morgan fingerprint density at radius 3 is 2.53 bits per heavy atom. The van der Waals surface area contributed by atoms with Gasteiger partial charge in [0.15, 0.2) is 11.5 Å². The first-order valence-electron chi connectivity index (χ1n) is 10.9. The Hall–Kier alpha value is -2.82. The summed E-state index contributed by atoms with van der Waals surface area (Å²) in [6.07, 6.45) is -0.845. The molecule has 34 heavy (non-hydrogen) atoms. The largest absolute Gasteiger partial charge is 0.493 e. The third-order valence-corrected chi connectivity index (χ3v) is 6.84. The lowest BCUT2D eigenvalue weighted by Crippen LogP contribution is -2.63. The first-order valence-corrected chi connectivity index (χ1v) is 11.3. The number of amides is 2. The highest BCUT2D eigenvalue weighted by atomic mass is 35.5. The van der Waals surface area contributed by atoms with Crippen molar-refractivity contribution in [2.45, 2.75) is 26.0 Å². The van der Waals surface area contributed by atoms with Crippen molar-refractivity contribution in [3.05, 3.63) is 34.0 Å². The van der Waals surface area contributed by atoms with Crippen LogP contribution in [0.25, 0.3) is 0 Å². The van der Waals surface area contributed by atoms with E-state index in [2.05, 4.69) is 5.32 Å². The number of benzene rings is 1. The van der Waals surface area contributed by atoms with E-state index in [0.29, 0.717) is 24.4 Å². The van der Waals surface area contributed by atoms with Crippen LogP contribution in [-0.2, 0) is 9.59 Å². The van der Waals surface area contributed by atoms with Crippen LogP contribution in [0.3, 0.4) is 0 Å². The highest BCUT2D eigenvalue weighted by Crippen LogP contribution is 2.47. The molecule has 3 rings (SSSR count). The number of β-lactam (4-membered cyclic amide) rings is 1. The van der Waals surface area contributed by atoms with Gasteiger partial charge in [-0.1, -0.05) is 18.5 Å². The van der Waals surface area contributed by atoms with E-state index < -0.39 is 18.0 Å². The van der Waals surface area contributed by atoms with E-state index >= 15 is 0 Å². The van der Waals surface area contributed by atoms with E-state index in [1.807, 2.05) is 11.8 Å². The zero-order chi connectivity index (χ0) is 25.3. The lowest BCUT2D eigenvalue weighted by Gasteiger charge is -2.46. The molecule has 0 unspecified atom stereocenters. The number of nitrogens with one attached hydrogen (secondary N) is 1. The summed E-state index contributed by atoms with van der Waals surface area (Å²) in [7, 11) is 4.71. The van der Waals surface area contributed by atoms with Crippen LogP contribution >= 0.6 is 11.6 Å². The van der Waals surface area contributed by atoms with Gasteiger partial charge in [-0.05, 0) is 31.7 Å².